The first kappa shape index (κ1) is 14.1. The Hall–Kier alpha value is 0.0801. The number of aliphatic hydroxyl groups excluding tert-OH is 1. The standard InChI is InChI=1S/C11H12O.ClH.Hf/c12-11(9-5-1-2-6-9)10-7-3-4-8-10;;/h1-5,7,11-12H,6,8H2;1H;. The second-order valence-electron chi connectivity index (χ2n) is 3.15. The summed E-state index contributed by atoms with van der Waals surface area (Å²) in [5.41, 5.74) is 2.23. The van der Waals surface area contributed by atoms with E-state index in [1.807, 2.05) is 24.3 Å². The van der Waals surface area contributed by atoms with E-state index in [-0.39, 0.29) is 44.4 Å². The molecule has 0 heterocycles. The molecule has 1 nitrogen and oxygen atoms in total. The predicted molar refractivity (Wildman–Crippen MR) is 56.9 cm³/mol. The number of halogens is 1. The summed E-state index contributed by atoms with van der Waals surface area (Å²) in [4.78, 5) is 0. The van der Waals surface area contributed by atoms with E-state index in [0.717, 1.165) is 24.0 Å². The van der Waals surface area contributed by atoms with E-state index in [2.05, 4.69) is 12.2 Å². The number of aliphatic hydroxyl groups is 1. The summed E-state index contributed by atoms with van der Waals surface area (Å²) in [6.07, 6.45) is 13.6. The molecule has 0 spiro atoms. The van der Waals surface area contributed by atoms with Crippen LogP contribution in [0.15, 0.2) is 47.6 Å². The van der Waals surface area contributed by atoms with Gasteiger partial charge in [-0.2, -0.15) is 0 Å². The number of hydrogen-bond donors (Lipinski definition) is 1. The van der Waals surface area contributed by atoms with Gasteiger partial charge in [0.15, 0.2) is 0 Å². The molecule has 2 aliphatic carbocycles. The first-order valence-electron chi connectivity index (χ1n) is 4.27. The molecule has 0 radical (unpaired) electrons. The van der Waals surface area contributed by atoms with Crippen molar-refractivity contribution >= 4 is 12.4 Å². The van der Waals surface area contributed by atoms with Gasteiger partial charge in [0.05, 0.1) is 6.10 Å². The summed E-state index contributed by atoms with van der Waals surface area (Å²) >= 11 is 0. The van der Waals surface area contributed by atoms with Gasteiger partial charge < -0.3 is 5.11 Å². The van der Waals surface area contributed by atoms with E-state index in [0.29, 0.717) is 0 Å². The molecule has 0 amide bonds. The fraction of sp³-hybridized carbons (Fsp3) is 0.273. The fourth-order valence-corrected chi connectivity index (χ4v) is 1.57. The zero-order valence-corrected chi connectivity index (χ0v) is 12.2. The van der Waals surface area contributed by atoms with Crippen LogP contribution in [0.2, 0.25) is 0 Å². The first-order chi connectivity index (χ1) is 5.88. The van der Waals surface area contributed by atoms with Crippen LogP contribution in [0.4, 0.5) is 0 Å². The largest absolute Gasteiger partial charge is 0.384 e. The van der Waals surface area contributed by atoms with E-state index >= 15 is 0 Å². The van der Waals surface area contributed by atoms with Crippen molar-refractivity contribution < 1.29 is 30.9 Å². The molecular weight excluding hydrogens is 362 g/mol. The molecule has 0 bridgehead atoms. The van der Waals surface area contributed by atoms with Crippen LogP contribution < -0.4 is 0 Å². The van der Waals surface area contributed by atoms with Crippen molar-refractivity contribution in [2.75, 3.05) is 0 Å². The first-order valence-corrected chi connectivity index (χ1v) is 4.27. The van der Waals surface area contributed by atoms with Crippen LogP contribution in [-0.2, 0) is 25.8 Å². The quantitative estimate of drug-likeness (QED) is 0.736. The van der Waals surface area contributed by atoms with Gasteiger partial charge in [-0.05, 0) is 24.0 Å². The molecule has 0 aromatic rings. The molecule has 2 aliphatic rings. The Morgan fingerprint density at radius 2 is 1.43 bits per heavy atom. The van der Waals surface area contributed by atoms with E-state index < -0.39 is 0 Å². The van der Waals surface area contributed by atoms with Crippen LogP contribution >= 0.6 is 12.4 Å². The number of allylic oxidation sites excluding steroid dienone is 6. The van der Waals surface area contributed by atoms with Crippen molar-refractivity contribution in [3.05, 3.63) is 47.6 Å². The number of rotatable bonds is 2. The van der Waals surface area contributed by atoms with Crippen LogP contribution in [0, 0.1) is 0 Å². The monoisotopic (exact) mass is 376 g/mol. The molecule has 0 aromatic carbocycles. The second kappa shape index (κ2) is 6.54. The van der Waals surface area contributed by atoms with Crippen molar-refractivity contribution in [3.63, 3.8) is 0 Å². The van der Waals surface area contributed by atoms with Crippen LogP contribution in [-0.4, -0.2) is 11.2 Å². The minimum Gasteiger partial charge on any atom is -0.384 e. The zero-order chi connectivity index (χ0) is 8.39. The van der Waals surface area contributed by atoms with Gasteiger partial charge in [-0.15, -0.1) is 12.4 Å². The van der Waals surface area contributed by atoms with Crippen LogP contribution in [0.5, 0.6) is 0 Å². The second-order valence-corrected chi connectivity index (χ2v) is 3.15. The van der Waals surface area contributed by atoms with Crippen LogP contribution in [0.1, 0.15) is 12.8 Å². The summed E-state index contributed by atoms with van der Waals surface area (Å²) < 4.78 is 0. The third-order valence-corrected chi connectivity index (χ3v) is 2.30. The molecule has 1 N–H and O–H groups in total. The SMILES string of the molecule is Cl.OC(C1=CC=CC1)C1=CC=CC1.[Hf]. The van der Waals surface area contributed by atoms with Gasteiger partial charge in [0.25, 0.3) is 0 Å². The topological polar surface area (TPSA) is 20.2 Å². The summed E-state index contributed by atoms with van der Waals surface area (Å²) in [6.45, 7) is 0. The van der Waals surface area contributed by atoms with Crippen molar-refractivity contribution in [2.24, 2.45) is 0 Å². The molecule has 74 valence electrons. The maximum atomic E-state index is 9.83. The van der Waals surface area contributed by atoms with Crippen LogP contribution in [0.25, 0.3) is 0 Å². The molecule has 14 heavy (non-hydrogen) atoms. The minimum absolute atomic E-state index is 0. The maximum absolute atomic E-state index is 9.83. The molecule has 0 aliphatic heterocycles. The minimum atomic E-state index is -0.352. The van der Waals surface area contributed by atoms with E-state index in [1.54, 1.807) is 0 Å². The van der Waals surface area contributed by atoms with Gasteiger partial charge >= 0.3 is 0 Å². The normalized spacial score (nSPS) is 17.6. The van der Waals surface area contributed by atoms with Gasteiger partial charge in [-0.1, -0.05) is 36.5 Å². The van der Waals surface area contributed by atoms with Crippen molar-refractivity contribution in [1.29, 1.82) is 0 Å². The molecule has 0 fully saturated rings. The molecule has 0 saturated heterocycles. The van der Waals surface area contributed by atoms with Gasteiger partial charge in [-0.3, -0.25) is 0 Å². The van der Waals surface area contributed by atoms with E-state index in [4.69, 9.17) is 0 Å². The Kier molecular flexibility index (Phi) is 6.58. The molecule has 2 rings (SSSR count). The molecular formula is C11H13ClHfO. The third kappa shape index (κ3) is 3.04. The zero-order valence-electron chi connectivity index (χ0n) is 7.81. The van der Waals surface area contributed by atoms with Gasteiger partial charge in [0, 0.05) is 25.8 Å². The van der Waals surface area contributed by atoms with E-state index in [1.165, 1.54) is 0 Å². The van der Waals surface area contributed by atoms with Gasteiger partial charge in [0.2, 0.25) is 0 Å². The summed E-state index contributed by atoms with van der Waals surface area (Å²) in [6, 6.07) is 0. The Bertz CT molecular complexity index is 272. The van der Waals surface area contributed by atoms with Gasteiger partial charge in [-0.25, -0.2) is 0 Å². The van der Waals surface area contributed by atoms with Gasteiger partial charge in [0.1, 0.15) is 0 Å². The molecule has 0 saturated carbocycles. The number of hydrogen-bond acceptors (Lipinski definition) is 1. The molecule has 0 atom stereocenters. The Balaban J connectivity index is 0.000000845. The average molecular weight is 375 g/mol. The summed E-state index contributed by atoms with van der Waals surface area (Å²) in [7, 11) is 0. The van der Waals surface area contributed by atoms with Crippen molar-refractivity contribution in [1.82, 2.24) is 0 Å². The van der Waals surface area contributed by atoms with Crippen molar-refractivity contribution in [2.45, 2.75) is 18.9 Å². The molecule has 0 aromatic heterocycles. The molecule has 3 heteroatoms. The fourth-order valence-electron chi connectivity index (χ4n) is 1.57. The smallest absolute Gasteiger partial charge is 0.0973 e. The third-order valence-electron chi connectivity index (χ3n) is 2.30. The Labute approximate surface area is 109 Å². The molecule has 0 unspecified atom stereocenters. The maximum Gasteiger partial charge on any atom is 0.0973 e. The summed E-state index contributed by atoms with van der Waals surface area (Å²) in [5, 5.41) is 9.83. The average Bonchev–Trinajstić information content (AvgIpc) is 2.77. The van der Waals surface area contributed by atoms with E-state index in [9.17, 15) is 5.11 Å². The Morgan fingerprint density at radius 1 is 1.00 bits per heavy atom. The Morgan fingerprint density at radius 3 is 1.71 bits per heavy atom. The van der Waals surface area contributed by atoms with Crippen LogP contribution in [0.3, 0.4) is 0 Å². The van der Waals surface area contributed by atoms with Crippen molar-refractivity contribution in [3.8, 4) is 0 Å². The predicted octanol–water partition coefficient (Wildman–Crippen LogP) is 2.54. The summed E-state index contributed by atoms with van der Waals surface area (Å²) in [5.74, 6) is 0.